The molecule has 5 rings (SSSR count). The third-order valence-corrected chi connectivity index (χ3v) is 7.94. The van der Waals surface area contributed by atoms with Gasteiger partial charge in [0.2, 0.25) is 0 Å². The molecular weight excluding hydrogens is 422 g/mol. The van der Waals surface area contributed by atoms with Crippen molar-refractivity contribution in [2.45, 2.75) is 25.9 Å². The Kier molecular flexibility index (Phi) is 5.52. The average Bonchev–Trinajstić information content (AvgIpc) is 3.34. The maximum absolute atomic E-state index is 13.1. The molecule has 0 aliphatic carbocycles. The van der Waals surface area contributed by atoms with Crippen LogP contribution in [-0.2, 0) is 0 Å². The van der Waals surface area contributed by atoms with Crippen LogP contribution in [0.15, 0.2) is 60.0 Å². The van der Waals surface area contributed by atoms with E-state index < -0.39 is 0 Å². The molecule has 2 aromatic heterocycles. The first-order valence-electron chi connectivity index (χ1n) is 10.5. The number of carbonyl (C=O) groups is 1. The predicted octanol–water partition coefficient (Wildman–Crippen LogP) is 5.81. The van der Waals surface area contributed by atoms with Gasteiger partial charge < -0.3 is 16.0 Å². The zero-order chi connectivity index (χ0) is 21.4. The molecule has 4 aromatic rings. The number of benzene rings is 2. The lowest BCUT2D eigenvalue weighted by Gasteiger charge is -2.29. The van der Waals surface area contributed by atoms with E-state index in [9.17, 15) is 4.79 Å². The standard InChI is InChI=1S/C25H25N3OS2/c1-15-6-7-19(28-20-13-26-14-20)11-21(15)25(29)27-16(2)17-4-3-5-18(10-17)23-12-24-22(31-23)8-9-30-24/h3-12,16,20,26,28H,13-14H2,1-2H3,(H,27,29). The molecule has 2 aromatic carbocycles. The third kappa shape index (κ3) is 4.24. The van der Waals surface area contributed by atoms with Crippen molar-refractivity contribution in [3.05, 3.63) is 76.7 Å². The number of aryl methyl sites for hydroxylation is 1. The van der Waals surface area contributed by atoms with Crippen LogP contribution in [0.4, 0.5) is 5.69 Å². The van der Waals surface area contributed by atoms with Crippen LogP contribution in [-0.4, -0.2) is 25.0 Å². The number of amides is 1. The van der Waals surface area contributed by atoms with Crippen molar-refractivity contribution in [1.29, 1.82) is 0 Å². The van der Waals surface area contributed by atoms with Crippen molar-refractivity contribution in [2.24, 2.45) is 0 Å². The van der Waals surface area contributed by atoms with Gasteiger partial charge in [0.05, 0.1) is 12.1 Å². The molecule has 4 nitrogen and oxygen atoms in total. The summed E-state index contributed by atoms with van der Waals surface area (Å²) in [5.74, 6) is -0.0394. The van der Waals surface area contributed by atoms with Crippen molar-refractivity contribution < 1.29 is 4.79 Å². The van der Waals surface area contributed by atoms with Crippen molar-refractivity contribution in [3.8, 4) is 10.4 Å². The van der Waals surface area contributed by atoms with Gasteiger partial charge in [0.25, 0.3) is 5.91 Å². The lowest BCUT2D eigenvalue weighted by atomic mass is 10.0. The Hall–Kier alpha value is -2.67. The van der Waals surface area contributed by atoms with E-state index in [1.165, 1.54) is 19.8 Å². The molecule has 1 unspecified atom stereocenters. The fourth-order valence-electron chi connectivity index (χ4n) is 3.81. The number of rotatable bonds is 6. The Labute approximate surface area is 190 Å². The van der Waals surface area contributed by atoms with Crippen molar-refractivity contribution in [3.63, 3.8) is 0 Å². The maximum Gasteiger partial charge on any atom is 0.252 e. The summed E-state index contributed by atoms with van der Waals surface area (Å²) >= 11 is 3.59. The minimum Gasteiger partial charge on any atom is -0.380 e. The summed E-state index contributed by atoms with van der Waals surface area (Å²) in [5, 5.41) is 12.1. The predicted molar refractivity (Wildman–Crippen MR) is 132 cm³/mol. The van der Waals surface area contributed by atoms with Gasteiger partial charge in [0.1, 0.15) is 0 Å². The topological polar surface area (TPSA) is 53.2 Å². The number of hydrogen-bond donors (Lipinski definition) is 3. The second-order valence-electron chi connectivity index (χ2n) is 8.11. The average molecular weight is 448 g/mol. The SMILES string of the molecule is Cc1ccc(NC2CNC2)cc1C(=O)NC(C)c1cccc(-c2cc3sccc3s2)c1. The Morgan fingerprint density at radius 1 is 1.10 bits per heavy atom. The number of hydrogen-bond acceptors (Lipinski definition) is 5. The summed E-state index contributed by atoms with van der Waals surface area (Å²) in [5.41, 5.74) is 5.00. The molecule has 0 bridgehead atoms. The first-order valence-corrected chi connectivity index (χ1v) is 12.2. The van der Waals surface area contributed by atoms with Crippen molar-refractivity contribution in [1.82, 2.24) is 10.6 Å². The highest BCUT2D eigenvalue weighted by molar-refractivity contribution is 7.28. The summed E-state index contributed by atoms with van der Waals surface area (Å²) < 4.78 is 2.65. The highest BCUT2D eigenvalue weighted by Crippen LogP contribution is 2.37. The fourth-order valence-corrected chi connectivity index (χ4v) is 5.91. The van der Waals surface area contributed by atoms with Crippen LogP contribution in [0.5, 0.6) is 0 Å². The van der Waals surface area contributed by atoms with E-state index in [0.717, 1.165) is 35.5 Å². The molecule has 1 atom stereocenters. The Bertz CT molecular complexity index is 1210. The fraction of sp³-hybridized carbons (Fsp3) is 0.240. The highest BCUT2D eigenvalue weighted by atomic mass is 32.1. The molecular formula is C25H25N3OS2. The number of thiophene rings is 2. The van der Waals surface area contributed by atoms with Crippen LogP contribution in [0, 0.1) is 6.92 Å². The second-order valence-corrected chi connectivity index (χ2v) is 10.1. The van der Waals surface area contributed by atoms with Crippen LogP contribution in [0.2, 0.25) is 0 Å². The Morgan fingerprint density at radius 2 is 1.97 bits per heavy atom. The van der Waals surface area contributed by atoms with Crippen molar-refractivity contribution in [2.75, 3.05) is 18.4 Å². The smallest absolute Gasteiger partial charge is 0.252 e. The van der Waals surface area contributed by atoms with E-state index in [2.05, 4.69) is 57.7 Å². The molecule has 158 valence electrons. The van der Waals surface area contributed by atoms with Gasteiger partial charge in [-0.15, -0.1) is 22.7 Å². The molecule has 6 heteroatoms. The lowest BCUT2D eigenvalue weighted by Crippen LogP contribution is -2.51. The minimum absolute atomic E-state index is 0.0394. The quantitative estimate of drug-likeness (QED) is 0.349. The first kappa shape index (κ1) is 20.2. The van der Waals surface area contributed by atoms with Crippen LogP contribution in [0.1, 0.15) is 34.5 Å². The van der Waals surface area contributed by atoms with Crippen LogP contribution in [0.25, 0.3) is 19.8 Å². The number of anilines is 1. The molecule has 0 spiro atoms. The maximum atomic E-state index is 13.1. The molecule has 0 saturated carbocycles. The van der Waals surface area contributed by atoms with Gasteiger partial charge in [-0.3, -0.25) is 4.79 Å². The summed E-state index contributed by atoms with van der Waals surface area (Å²) in [6.07, 6.45) is 0. The van der Waals surface area contributed by atoms with Crippen LogP contribution >= 0.6 is 22.7 Å². The molecule has 3 heterocycles. The van der Waals surface area contributed by atoms with E-state index in [1.807, 2.05) is 43.4 Å². The van der Waals surface area contributed by atoms with E-state index >= 15 is 0 Å². The molecule has 3 N–H and O–H groups in total. The summed E-state index contributed by atoms with van der Waals surface area (Å²) in [7, 11) is 0. The zero-order valence-corrected chi connectivity index (χ0v) is 19.2. The molecule has 1 amide bonds. The van der Waals surface area contributed by atoms with Gasteiger partial charge in [-0.05, 0) is 66.2 Å². The van der Waals surface area contributed by atoms with Crippen LogP contribution < -0.4 is 16.0 Å². The Balaban J connectivity index is 1.32. The molecule has 1 saturated heterocycles. The normalized spacial score (nSPS) is 14.9. The summed E-state index contributed by atoms with van der Waals surface area (Å²) in [6, 6.07) is 19.3. The molecule has 0 radical (unpaired) electrons. The summed E-state index contributed by atoms with van der Waals surface area (Å²) in [6.45, 7) is 5.95. The Morgan fingerprint density at radius 3 is 2.74 bits per heavy atom. The zero-order valence-electron chi connectivity index (χ0n) is 17.6. The molecule has 1 fully saturated rings. The molecule has 1 aliphatic rings. The molecule has 31 heavy (non-hydrogen) atoms. The molecule has 1 aliphatic heterocycles. The first-order chi connectivity index (χ1) is 15.1. The van der Waals surface area contributed by atoms with Crippen molar-refractivity contribution >= 4 is 43.7 Å². The van der Waals surface area contributed by atoms with Gasteiger partial charge in [-0.2, -0.15) is 0 Å². The third-order valence-electron chi connectivity index (χ3n) is 5.79. The largest absolute Gasteiger partial charge is 0.380 e. The van der Waals surface area contributed by atoms with Gasteiger partial charge in [-0.25, -0.2) is 0 Å². The van der Waals surface area contributed by atoms with E-state index in [0.29, 0.717) is 6.04 Å². The number of nitrogens with one attached hydrogen (secondary N) is 3. The van der Waals surface area contributed by atoms with E-state index in [-0.39, 0.29) is 11.9 Å². The van der Waals surface area contributed by atoms with E-state index in [4.69, 9.17) is 0 Å². The lowest BCUT2D eigenvalue weighted by molar-refractivity contribution is 0.0939. The summed E-state index contributed by atoms with van der Waals surface area (Å²) in [4.78, 5) is 14.3. The minimum atomic E-state index is -0.0830. The van der Waals surface area contributed by atoms with Crippen LogP contribution in [0.3, 0.4) is 0 Å². The monoisotopic (exact) mass is 447 g/mol. The second kappa shape index (κ2) is 8.46. The van der Waals surface area contributed by atoms with Gasteiger partial charge in [0.15, 0.2) is 0 Å². The highest BCUT2D eigenvalue weighted by Gasteiger charge is 2.18. The number of carbonyl (C=O) groups excluding carboxylic acids is 1. The van der Waals surface area contributed by atoms with E-state index in [1.54, 1.807) is 11.3 Å². The number of fused-ring (bicyclic) bond motifs is 1. The van der Waals surface area contributed by atoms with Gasteiger partial charge >= 0.3 is 0 Å². The van der Waals surface area contributed by atoms with Gasteiger partial charge in [-0.1, -0.05) is 24.3 Å². The van der Waals surface area contributed by atoms with Gasteiger partial charge in [0, 0.05) is 38.6 Å².